The molecule has 2 N–H and O–H groups in total. The highest BCUT2D eigenvalue weighted by atomic mass is 35.5. The highest BCUT2D eigenvalue weighted by Crippen LogP contribution is 2.26. The Morgan fingerprint density at radius 2 is 1.93 bits per heavy atom. The summed E-state index contributed by atoms with van der Waals surface area (Å²) >= 11 is 7.10. The molecule has 8 heteroatoms. The summed E-state index contributed by atoms with van der Waals surface area (Å²) in [5.74, 6) is 0.299. The molecule has 0 aliphatic carbocycles. The lowest BCUT2D eigenvalue weighted by Gasteiger charge is -2.09. The first-order valence-corrected chi connectivity index (χ1v) is 10.1. The first kappa shape index (κ1) is 20.2. The molecule has 6 nitrogen and oxygen atoms in total. The van der Waals surface area contributed by atoms with Crippen LogP contribution in [-0.2, 0) is 9.59 Å². The molecule has 0 bridgehead atoms. The average Bonchev–Trinajstić information content (AvgIpc) is 3.02. The molecule has 2 aromatic rings. The second kappa shape index (κ2) is 9.61. The largest absolute Gasteiger partial charge is 0.494 e. The number of halogens is 1. The number of hydrogen-bond donors (Lipinski definition) is 2. The first-order valence-electron chi connectivity index (χ1n) is 8.88. The second-order valence-corrected chi connectivity index (χ2v) is 7.74. The predicted molar refractivity (Wildman–Crippen MR) is 114 cm³/mol. The second-order valence-electron chi connectivity index (χ2n) is 6.11. The maximum absolute atomic E-state index is 12.3. The van der Waals surface area contributed by atoms with E-state index in [-0.39, 0.29) is 18.2 Å². The molecule has 0 saturated carbocycles. The van der Waals surface area contributed by atoms with Crippen molar-refractivity contribution < 1.29 is 14.3 Å². The Hall–Kier alpha value is -2.51. The van der Waals surface area contributed by atoms with Gasteiger partial charge in [0.1, 0.15) is 11.0 Å². The Bertz CT molecular complexity index is 869. The number of amidine groups is 1. The van der Waals surface area contributed by atoms with Crippen LogP contribution in [0, 0.1) is 0 Å². The molecule has 1 atom stereocenters. The maximum Gasteiger partial charge on any atom is 0.240 e. The van der Waals surface area contributed by atoms with Crippen LogP contribution in [0.3, 0.4) is 0 Å². The van der Waals surface area contributed by atoms with Crippen molar-refractivity contribution in [3.63, 3.8) is 0 Å². The SMILES string of the molecule is CCCOc1ccc(NC(=O)C[C@@H]2SC(=Nc3ccc(Cl)cc3)NC2=O)cc1. The number of hydrogen-bond acceptors (Lipinski definition) is 5. The van der Waals surface area contributed by atoms with Gasteiger partial charge in [-0.05, 0) is 55.0 Å². The Balaban J connectivity index is 1.54. The van der Waals surface area contributed by atoms with E-state index in [2.05, 4.69) is 15.6 Å². The smallest absolute Gasteiger partial charge is 0.240 e. The zero-order chi connectivity index (χ0) is 19.9. The number of carbonyl (C=O) groups excluding carboxylic acids is 2. The number of benzene rings is 2. The lowest BCUT2D eigenvalue weighted by atomic mass is 10.2. The van der Waals surface area contributed by atoms with Gasteiger partial charge >= 0.3 is 0 Å². The molecule has 0 aromatic heterocycles. The van der Waals surface area contributed by atoms with Crippen LogP contribution < -0.4 is 15.4 Å². The lowest BCUT2D eigenvalue weighted by Crippen LogP contribution is -2.28. The number of ether oxygens (including phenoxy) is 1. The summed E-state index contributed by atoms with van der Waals surface area (Å²) in [6, 6.07) is 14.1. The Morgan fingerprint density at radius 3 is 2.61 bits per heavy atom. The van der Waals surface area contributed by atoms with E-state index < -0.39 is 5.25 Å². The van der Waals surface area contributed by atoms with Gasteiger partial charge in [-0.1, -0.05) is 30.3 Å². The van der Waals surface area contributed by atoms with Gasteiger partial charge < -0.3 is 15.4 Å². The summed E-state index contributed by atoms with van der Waals surface area (Å²) in [5.41, 5.74) is 1.34. The number of carbonyl (C=O) groups is 2. The van der Waals surface area contributed by atoms with Crippen LogP contribution in [0.4, 0.5) is 11.4 Å². The molecular weight excluding hydrogens is 398 g/mol. The molecule has 0 unspecified atom stereocenters. The Labute approximate surface area is 172 Å². The fourth-order valence-corrected chi connectivity index (χ4v) is 3.57. The summed E-state index contributed by atoms with van der Waals surface area (Å²) in [5, 5.41) is 6.09. The van der Waals surface area contributed by atoms with Crippen molar-refractivity contribution in [2.45, 2.75) is 25.0 Å². The maximum atomic E-state index is 12.3. The molecule has 1 heterocycles. The first-order chi connectivity index (χ1) is 13.5. The van der Waals surface area contributed by atoms with Crippen LogP contribution in [0.2, 0.25) is 5.02 Å². The molecule has 1 saturated heterocycles. The van der Waals surface area contributed by atoms with E-state index in [1.807, 2.05) is 6.92 Å². The normalized spacial score (nSPS) is 17.4. The van der Waals surface area contributed by atoms with Crippen LogP contribution in [0.5, 0.6) is 5.75 Å². The van der Waals surface area contributed by atoms with E-state index in [9.17, 15) is 9.59 Å². The monoisotopic (exact) mass is 417 g/mol. The Kier molecular flexibility index (Phi) is 6.95. The molecule has 146 valence electrons. The highest BCUT2D eigenvalue weighted by molar-refractivity contribution is 8.15. The molecule has 0 spiro atoms. The third kappa shape index (κ3) is 5.74. The van der Waals surface area contributed by atoms with E-state index in [1.54, 1.807) is 48.5 Å². The Morgan fingerprint density at radius 1 is 1.21 bits per heavy atom. The van der Waals surface area contributed by atoms with Gasteiger partial charge in [-0.15, -0.1) is 0 Å². The van der Waals surface area contributed by atoms with Gasteiger partial charge in [0, 0.05) is 17.1 Å². The topological polar surface area (TPSA) is 79.8 Å². The van der Waals surface area contributed by atoms with Crippen LogP contribution in [0.15, 0.2) is 53.5 Å². The van der Waals surface area contributed by atoms with Crippen molar-refractivity contribution in [1.29, 1.82) is 0 Å². The van der Waals surface area contributed by atoms with Gasteiger partial charge in [0.05, 0.1) is 12.3 Å². The molecule has 1 aliphatic heterocycles. The molecule has 28 heavy (non-hydrogen) atoms. The lowest BCUT2D eigenvalue weighted by molar-refractivity contribution is -0.122. The molecule has 3 rings (SSSR count). The van der Waals surface area contributed by atoms with Gasteiger partial charge in [0.2, 0.25) is 11.8 Å². The number of thioether (sulfide) groups is 1. The van der Waals surface area contributed by atoms with Crippen molar-refractivity contribution >= 4 is 51.7 Å². The highest BCUT2D eigenvalue weighted by Gasteiger charge is 2.32. The van der Waals surface area contributed by atoms with Crippen molar-refractivity contribution in [2.75, 3.05) is 11.9 Å². The van der Waals surface area contributed by atoms with Gasteiger partial charge in [0.15, 0.2) is 5.17 Å². The average molecular weight is 418 g/mol. The number of nitrogens with zero attached hydrogens (tertiary/aromatic N) is 1. The summed E-state index contributed by atoms with van der Waals surface area (Å²) < 4.78 is 5.51. The number of rotatable bonds is 7. The standard InChI is InChI=1S/C20H20ClN3O3S/c1-2-11-27-16-9-7-14(8-10-16)22-18(25)12-17-19(26)24-20(28-17)23-15-5-3-13(21)4-6-15/h3-10,17H,2,11-12H2,1H3,(H,22,25)(H,23,24,26)/t17-/m0/s1. The van der Waals surface area contributed by atoms with Crippen molar-refractivity contribution in [3.05, 3.63) is 53.6 Å². The van der Waals surface area contributed by atoms with Gasteiger partial charge in [-0.3, -0.25) is 9.59 Å². The van der Waals surface area contributed by atoms with Gasteiger partial charge in [-0.2, -0.15) is 0 Å². The van der Waals surface area contributed by atoms with Crippen LogP contribution >= 0.6 is 23.4 Å². The van der Waals surface area contributed by atoms with E-state index in [4.69, 9.17) is 16.3 Å². The van der Waals surface area contributed by atoms with Crippen molar-refractivity contribution in [1.82, 2.24) is 5.32 Å². The number of aliphatic imine (C=N–C) groups is 1. The number of nitrogens with one attached hydrogen (secondary N) is 2. The minimum absolute atomic E-state index is 0.0597. The van der Waals surface area contributed by atoms with Crippen LogP contribution in [0.1, 0.15) is 19.8 Å². The summed E-state index contributed by atoms with van der Waals surface area (Å²) in [7, 11) is 0. The zero-order valence-corrected chi connectivity index (χ0v) is 16.8. The summed E-state index contributed by atoms with van der Waals surface area (Å²) in [6.07, 6.45) is 0.993. The number of anilines is 1. The van der Waals surface area contributed by atoms with Crippen molar-refractivity contribution in [2.24, 2.45) is 4.99 Å². The zero-order valence-electron chi connectivity index (χ0n) is 15.3. The fourth-order valence-electron chi connectivity index (χ4n) is 2.46. The van der Waals surface area contributed by atoms with E-state index in [0.717, 1.165) is 12.2 Å². The summed E-state index contributed by atoms with van der Waals surface area (Å²) in [4.78, 5) is 28.8. The van der Waals surface area contributed by atoms with Crippen molar-refractivity contribution in [3.8, 4) is 5.75 Å². The quantitative estimate of drug-likeness (QED) is 0.700. The van der Waals surface area contributed by atoms with Crippen LogP contribution in [-0.4, -0.2) is 28.8 Å². The molecular formula is C20H20ClN3O3S. The van der Waals surface area contributed by atoms with E-state index in [0.29, 0.717) is 28.2 Å². The molecule has 2 aromatic carbocycles. The molecule has 2 amide bonds. The van der Waals surface area contributed by atoms with E-state index >= 15 is 0 Å². The summed E-state index contributed by atoms with van der Waals surface area (Å²) in [6.45, 7) is 2.69. The molecule has 1 aliphatic rings. The van der Waals surface area contributed by atoms with E-state index in [1.165, 1.54) is 11.8 Å². The third-order valence-electron chi connectivity index (χ3n) is 3.82. The van der Waals surface area contributed by atoms with Gasteiger partial charge in [-0.25, -0.2) is 4.99 Å². The predicted octanol–water partition coefficient (Wildman–Crippen LogP) is 4.38. The molecule has 1 fully saturated rings. The molecule has 0 radical (unpaired) electrons. The van der Waals surface area contributed by atoms with Crippen LogP contribution in [0.25, 0.3) is 0 Å². The fraction of sp³-hybridized carbons (Fsp3) is 0.250. The van der Waals surface area contributed by atoms with Gasteiger partial charge in [0.25, 0.3) is 0 Å². The number of amides is 2. The third-order valence-corrected chi connectivity index (χ3v) is 5.15. The minimum Gasteiger partial charge on any atom is -0.494 e. The minimum atomic E-state index is -0.516.